The van der Waals surface area contributed by atoms with E-state index in [1.54, 1.807) is 10.9 Å². The number of amidine groups is 1. The van der Waals surface area contributed by atoms with Gasteiger partial charge in [-0.2, -0.15) is 0 Å². The van der Waals surface area contributed by atoms with Crippen molar-refractivity contribution >= 4 is 11.9 Å². The molecule has 0 bridgehead atoms. The maximum atomic E-state index is 10.6. The van der Waals surface area contributed by atoms with E-state index in [1.165, 1.54) is 5.56 Å². The molecule has 0 aliphatic heterocycles. The van der Waals surface area contributed by atoms with Gasteiger partial charge in [-0.25, -0.2) is 4.99 Å². The lowest BCUT2D eigenvalue weighted by molar-refractivity contribution is -0.782. The van der Waals surface area contributed by atoms with Gasteiger partial charge < -0.3 is 10.8 Å². The van der Waals surface area contributed by atoms with E-state index in [4.69, 9.17) is 10.3 Å². The topological polar surface area (TPSA) is 91.3 Å². The van der Waals surface area contributed by atoms with Gasteiger partial charge in [0.25, 0.3) is 6.20 Å². The van der Waals surface area contributed by atoms with Gasteiger partial charge in [0.15, 0.2) is 6.04 Å². The molecular weight excluding hydrogens is 232 g/mol. The Balaban J connectivity index is 2.07. The van der Waals surface area contributed by atoms with Gasteiger partial charge >= 0.3 is 5.88 Å². The fourth-order valence-corrected chi connectivity index (χ4v) is 1.66. The first-order valence-electron chi connectivity index (χ1n) is 5.58. The first-order chi connectivity index (χ1) is 8.65. The Morgan fingerprint density at radius 3 is 2.89 bits per heavy atom. The third-order valence-corrected chi connectivity index (χ3v) is 2.52. The largest absolute Gasteiger partial charge is 0.846 e. The SMILES string of the molecule is C[C@H](Cc1ccccc1)[n+]1cc(N=C(N)[O-])on1. The van der Waals surface area contributed by atoms with Crippen LogP contribution in [0.15, 0.2) is 46.0 Å². The van der Waals surface area contributed by atoms with Crippen molar-refractivity contribution in [3.63, 3.8) is 0 Å². The fourth-order valence-electron chi connectivity index (χ4n) is 1.66. The molecule has 6 nitrogen and oxygen atoms in total. The van der Waals surface area contributed by atoms with Gasteiger partial charge in [0, 0.05) is 13.3 Å². The van der Waals surface area contributed by atoms with Crippen molar-refractivity contribution in [3.8, 4) is 0 Å². The number of nitrogens with zero attached hydrogens (tertiary/aromatic N) is 3. The summed E-state index contributed by atoms with van der Waals surface area (Å²) in [4.78, 5) is 3.46. The molecule has 0 unspecified atom stereocenters. The van der Waals surface area contributed by atoms with Crippen LogP contribution in [-0.4, -0.2) is 11.3 Å². The van der Waals surface area contributed by atoms with Gasteiger partial charge in [0.05, 0.1) is 6.02 Å². The van der Waals surface area contributed by atoms with Crippen LogP contribution in [-0.2, 0) is 6.42 Å². The number of aromatic nitrogens is 2. The Morgan fingerprint density at radius 1 is 1.50 bits per heavy atom. The third-order valence-electron chi connectivity index (χ3n) is 2.52. The number of hydrogen-bond acceptors (Lipinski definition) is 4. The molecule has 94 valence electrons. The molecule has 18 heavy (non-hydrogen) atoms. The second-order valence-electron chi connectivity index (χ2n) is 4.01. The van der Waals surface area contributed by atoms with Crippen LogP contribution in [0.4, 0.5) is 5.88 Å². The molecular formula is C12H14N4O2. The quantitative estimate of drug-likeness (QED) is 0.469. The zero-order valence-electron chi connectivity index (χ0n) is 9.98. The van der Waals surface area contributed by atoms with E-state index in [-0.39, 0.29) is 11.9 Å². The number of nitrogens with two attached hydrogens (primary N) is 1. The van der Waals surface area contributed by atoms with Crippen molar-refractivity contribution in [1.82, 2.24) is 5.27 Å². The monoisotopic (exact) mass is 246 g/mol. The third kappa shape index (κ3) is 3.07. The highest BCUT2D eigenvalue weighted by Crippen LogP contribution is 2.10. The summed E-state index contributed by atoms with van der Waals surface area (Å²) < 4.78 is 6.50. The summed E-state index contributed by atoms with van der Waals surface area (Å²) in [5, 5.41) is 14.4. The van der Waals surface area contributed by atoms with Gasteiger partial charge in [0.2, 0.25) is 5.27 Å². The zero-order chi connectivity index (χ0) is 13.0. The molecule has 2 aromatic rings. The average Bonchev–Trinajstić information content (AvgIpc) is 2.78. The summed E-state index contributed by atoms with van der Waals surface area (Å²) in [7, 11) is 0. The Morgan fingerprint density at radius 2 is 2.22 bits per heavy atom. The van der Waals surface area contributed by atoms with Crippen LogP contribution in [0.25, 0.3) is 0 Å². The number of rotatable bonds is 4. The highest BCUT2D eigenvalue weighted by Gasteiger charge is 2.19. The van der Waals surface area contributed by atoms with Crippen molar-refractivity contribution in [3.05, 3.63) is 42.1 Å². The van der Waals surface area contributed by atoms with Crippen molar-refractivity contribution in [2.24, 2.45) is 10.7 Å². The molecule has 1 heterocycles. The van der Waals surface area contributed by atoms with Crippen LogP contribution in [0.3, 0.4) is 0 Å². The Kier molecular flexibility index (Phi) is 3.57. The molecule has 6 heteroatoms. The lowest BCUT2D eigenvalue weighted by atomic mass is 10.1. The van der Waals surface area contributed by atoms with Crippen molar-refractivity contribution in [2.45, 2.75) is 19.4 Å². The van der Waals surface area contributed by atoms with Crippen LogP contribution in [0, 0.1) is 0 Å². The number of aliphatic imine (C=N–C) groups is 1. The molecule has 0 amide bonds. The van der Waals surface area contributed by atoms with E-state index in [1.807, 2.05) is 37.3 Å². The van der Waals surface area contributed by atoms with E-state index >= 15 is 0 Å². The fraction of sp³-hybridized carbons (Fsp3) is 0.250. The van der Waals surface area contributed by atoms with E-state index in [2.05, 4.69) is 10.3 Å². The molecule has 0 saturated carbocycles. The predicted molar refractivity (Wildman–Crippen MR) is 62.8 cm³/mol. The van der Waals surface area contributed by atoms with Crippen LogP contribution >= 0.6 is 0 Å². The van der Waals surface area contributed by atoms with E-state index < -0.39 is 6.02 Å². The molecule has 2 rings (SSSR count). The van der Waals surface area contributed by atoms with Crippen LogP contribution in [0.5, 0.6) is 0 Å². The van der Waals surface area contributed by atoms with Crippen molar-refractivity contribution in [1.29, 1.82) is 0 Å². The van der Waals surface area contributed by atoms with Gasteiger partial charge in [-0.1, -0.05) is 30.3 Å². The maximum absolute atomic E-state index is 10.6. The highest BCUT2D eigenvalue weighted by atomic mass is 16.5. The summed E-state index contributed by atoms with van der Waals surface area (Å²) in [6, 6.07) is 9.35. The molecule has 1 aromatic carbocycles. The highest BCUT2D eigenvalue weighted by molar-refractivity contribution is 5.69. The molecule has 0 radical (unpaired) electrons. The van der Waals surface area contributed by atoms with Crippen LogP contribution < -0.4 is 15.5 Å². The molecule has 0 fully saturated rings. The van der Waals surface area contributed by atoms with Crippen molar-refractivity contribution in [2.75, 3.05) is 0 Å². The van der Waals surface area contributed by atoms with E-state index in [9.17, 15) is 5.11 Å². The summed E-state index contributed by atoms with van der Waals surface area (Å²) in [5.74, 6) is 0.113. The van der Waals surface area contributed by atoms with E-state index in [0.29, 0.717) is 0 Å². The molecule has 0 aliphatic rings. The van der Waals surface area contributed by atoms with Gasteiger partial charge in [-0.05, 0) is 10.2 Å². The molecule has 2 N–H and O–H groups in total. The Bertz CT molecular complexity index is 532. The summed E-state index contributed by atoms with van der Waals surface area (Å²) in [5.41, 5.74) is 6.13. The lowest BCUT2D eigenvalue weighted by Crippen LogP contribution is -2.39. The predicted octanol–water partition coefficient (Wildman–Crippen LogP) is 0.0723. The second-order valence-corrected chi connectivity index (χ2v) is 4.01. The summed E-state index contributed by atoms with van der Waals surface area (Å²) in [6.07, 6.45) is 2.37. The van der Waals surface area contributed by atoms with Crippen LogP contribution in [0.1, 0.15) is 18.5 Å². The summed E-state index contributed by atoms with van der Waals surface area (Å²) >= 11 is 0. The Hall–Kier alpha value is -2.37. The lowest BCUT2D eigenvalue weighted by Gasteiger charge is -2.01. The van der Waals surface area contributed by atoms with E-state index in [0.717, 1.165) is 6.42 Å². The molecule has 1 aromatic heterocycles. The van der Waals surface area contributed by atoms with Crippen molar-refractivity contribution < 1.29 is 14.3 Å². The standard InChI is InChI=1S/C12H14N4O2/c1-9(7-10-5-3-2-4-6-10)16-8-11(18-15-16)14-12(13)17/h2-6,8-9H,7H2,1H3,(H2-,13,14,15,17)/t9-/m1/s1. The minimum atomic E-state index is -0.797. The second kappa shape index (κ2) is 5.31. The molecule has 1 atom stereocenters. The maximum Gasteiger partial charge on any atom is 0.322 e. The van der Waals surface area contributed by atoms with Gasteiger partial charge in [0.1, 0.15) is 0 Å². The normalized spacial score (nSPS) is 13.5. The first-order valence-corrected chi connectivity index (χ1v) is 5.58. The smallest absolute Gasteiger partial charge is 0.322 e. The zero-order valence-corrected chi connectivity index (χ0v) is 9.98. The average molecular weight is 246 g/mol. The Labute approximate surface area is 104 Å². The molecule has 0 aliphatic carbocycles. The number of benzene rings is 1. The first kappa shape index (κ1) is 12.1. The van der Waals surface area contributed by atoms with Crippen LogP contribution in [0.2, 0.25) is 0 Å². The minimum absolute atomic E-state index is 0.105. The van der Waals surface area contributed by atoms with Gasteiger partial charge in [-0.3, -0.25) is 4.52 Å². The van der Waals surface area contributed by atoms with Gasteiger partial charge in [-0.15, -0.1) is 0 Å². The summed E-state index contributed by atoms with van der Waals surface area (Å²) in [6.45, 7) is 2.00. The molecule has 0 spiro atoms. The number of hydrogen-bond donors (Lipinski definition) is 1. The molecule has 0 saturated heterocycles. The minimum Gasteiger partial charge on any atom is -0.846 e.